The predicted octanol–water partition coefficient (Wildman–Crippen LogP) is 3.70. The molecule has 6 heteroatoms. The highest BCUT2D eigenvalue weighted by Gasteiger charge is 2.17. The van der Waals surface area contributed by atoms with Crippen LogP contribution in [-0.2, 0) is 0 Å². The second kappa shape index (κ2) is 5.62. The Kier molecular flexibility index (Phi) is 3.89. The average molecular weight is 287 g/mol. The first-order chi connectivity index (χ1) is 9.86. The van der Waals surface area contributed by atoms with Gasteiger partial charge in [-0.3, -0.25) is 10.1 Å². The lowest BCUT2D eigenvalue weighted by atomic mass is 10.1. The lowest BCUT2D eigenvalue weighted by Crippen LogP contribution is -2.01. The zero-order valence-electron chi connectivity index (χ0n) is 11.5. The Labute approximate surface area is 120 Å². The molecule has 0 radical (unpaired) electrons. The summed E-state index contributed by atoms with van der Waals surface area (Å²) in [7, 11) is 0. The number of non-ortho nitro benzene ring substituents is 1. The van der Waals surface area contributed by atoms with Gasteiger partial charge >= 0.3 is 5.97 Å². The molecule has 0 amide bonds. The number of carboxylic acid groups (broad SMARTS) is 1. The summed E-state index contributed by atoms with van der Waals surface area (Å²) in [6, 6.07) is 8.82. The van der Waals surface area contributed by atoms with Gasteiger partial charge in [-0.2, -0.15) is 0 Å². The molecule has 2 aromatic rings. The van der Waals surface area contributed by atoms with E-state index in [-0.39, 0.29) is 17.0 Å². The molecule has 0 bridgehead atoms. The summed E-state index contributed by atoms with van der Waals surface area (Å²) < 4.78 is 5.54. The van der Waals surface area contributed by atoms with Gasteiger partial charge in [0.2, 0.25) is 0 Å². The fraction of sp³-hybridized carbons (Fsp3) is 0.133. The van der Waals surface area contributed by atoms with Crippen molar-refractivity contribution in [2.45, 2.75) is 13.8 Å². The summed E-state index contributed by atoms with van der Waals surface area (Å²) >= 11 is 0. The highest BCUT2D eigenvalue weighted by Crippen LogP contribution is 2.30. The lowest BCUT2D eigenvalue weighted by molar-refractivity contribution is -0.384. The molecular weight excluding hydrogens is 274 g/mol. The average Bonchev–Trinajstić information content (AvgIpc) is 2.36. The monoisotopic (exact) mass is 287 g/mol. The maximum atomic E-state index is 11.2. The second-order valence-corrected chi connectivity index (χ2v) is 4.67. The van der Waals surface area contributed by atoms with Crippen molar-refractivity contribution in [3.8, 4) is 11.5 Å². The molecule has 0 saturated heterocycles. The van der Waals surface area contributed by atoms with Crippen molar-refractivity contribution in [1.82, 2.24) is 0 Å². The fourth-order valence-electron chi connectivity index (χ4n) is 2.00. The van der Waals surface area contributed by atoms with Gasteiger partial charge < -0.3 is 9.84 Å². The highest BCUT2D eigenvalue weighted by atomic mass is 16.6. The minimum Gasteiger partial charge on any atom is -0.478 e. The van der Waals surface area contributed by atoms with Crippen molar-refractivity contribution in [3.05, 3.63) is 63.2 Å². The van der Waals surface area contributed by atoms with Gasteiger partial charge in [-0.05, 0) is 43.2 Å². The number of rotatable bonds is 4. The van der Waals surface area contributed by atoms with Crippen LogP contribution in [0.2, 0.25) is 0 Å². The maximum absolute atomic E-state index is 11.2. The van der Waals surface area contributed by atoms with E-state index >= 15 is 0 Å². The van der Waals surface area contributed by atoms with Gasteiger partial charge in [-0.15, -0.1) is 0 Å². The molecule has 0 saturated carbocycles. The van der Waals surface area contributed by atoms with Crippen molar-refractivity contribution in [2.75, 3.05) is 0 Å². The van der Waals surface area contributed by atoms with E-state index in [4.69, 9.17) is 9.84 Å². The van der Waals surface area contributed by atoms with Gasteiger partial charge in [0.15, 0.2) is 0 Å². The van der Waals surface area contributed by atoms with Crippen molar-refractivity contribution in [1.29, 1.82) is 0 Å². The van der Waals surface area contributed by atoms with Crippen LogP contribution in [0.1, 0.15) is 21.5 Å². The highest BCUT2D eigenvalue weighted by molar-refractivity contribution is 5.91. The van der Waals surface area contributed by atoms with Crippen molar-refractivity contribution in [3.63, 3.8) is 0 Å². The molecule has 0 aliphatic rings. The Morgan fingerprint density at radius 1 is 1.14 bits per heavy atom. The molecule has 108 valence electrons. The Morgan fingerprint density at radius 3 is 2.29 bits per heavy atom. The van der Waals surface area contributed by atoms with E-state index in [1.807, 2.05) is 19.9 Å². The molecule has 0 aromatic heterocycles. The Morgan fingerprint density at radius 2 is 1.76 bits per heavy atom. The molecule has 2 aromatic carbocycles. The zero-order chi connectivity index (χ0) is 15.6. The number of aromatic carboxylic acids is 1. The molecule has 0 spiro atoms. The minimum atomic E-state index is -1.20. The van der Waals surface area contributed by atoms with Crippen LogP contribution in [0.15, 0.2) is 36.4 Å². The van der Waals surface area contributed by atoms with Crippen LogP contribution >= 0.6 is 0 Å². The van der Waals surface area contributed by atoms with Crippen LogP contribution in [0.5, 0.6) is 11.5 Å². The largest absolute Gasteiger partial charge is 0.478 e. The van der Waals surface area contributed by atoms with Crippen LogP contribution in [0.3, 0.4) is 0 Å². The van der Waals surface area contributed by atoms with Crippen LogP contribution in [0, 0.1) is 24.0 Å². The van der Waals surface area contributed by atoms with Gasteiger partial charge in [0.05, 0.1) is 11.0 Å². The van der Waals surface area contributed by atoms with E-state index in [9.17, 15) is 14.9 Å². The molecule has 0 heterocycles. The standard InChI is InChI=1S/C15H13NO5/c1-9-5-10(2)7-12(6-9)21-14-8-11(16(19)20)3-4-13(14)15(17)18/h3-8H,1-2H3,(H,17,18). The number of nitro benzene ring substituents is 1. The van der Waals surface area contributed by atoms with Crippen LogP contribution in [0.4, 0.5) is 5.69 Å². The molecular formula is C15H13NO5. The maximum Gasteiger partial charge on any atom is 0.339 e. The van der Waals surface area contributed by atoms with E-state index in [0.717, 1.165) is 23.3 Å². The third kappa shape index (κ3) is 3.36. The SMILES string of the molecule is Cc1cc(C)cc(Oc2cc([N+](=O)[O-])ccc2C(=O)O)c1. The molecule has 0 aliphatic carbocycles. The molecule has 0 unspecified atom stereocenters. The second-order valence-electron chi connectivity index (χ2n) is 4.67. The smallest absolute Gasteiger partial charge is 0.339 e. The van der Waals surface area contributed by atoms with Gasteiger partial charge in [0.1, 0.15) is 17.1 Å². The molecule has 2 rings (SSSR count). The summed E-state index contributed by atoms with van der Waals surface area (Å²) in [6.07, 6.45) is 0. The third-order valence-corrected chi connectivity index (χ3v) is 2.83. The van der Waals surface area contributed by atoms with E-state index in [2.05, 4.69) is 0 Å². The molecule has 21 heavy (non-hydrogen) atoms. The molecule has 0 atom stereocenters. The predicted molar refractivity (Wildman–Crippen MR) is 76.0 cm³/mol. The van der Waals surface area contributed by atoms with Crippen molar-refractivity contribution >= 4 is 11.7 Å². The number of ether oxygens (including phenoxy) is 1. The van der Waals surface area contributed by atoms with Gasteiger partial charge in [0.25, 0.3) is 5.69 Å². The number of hydrogen-bond acceptors (Lipinski definition) is 4. The number of nitro groups is 1. The Bertz CT molecular complexity index is 704. The zero-order valence-corrected chi connectivity index (χ0v) is 11.5. The number of hydrogen-bond donors (Lipinski definition) is 1. The van der Waals surface area contributed by atoms with Gasteiger partial charge in [-0.1, -0.05) is 6.07 Å². The first-order valence-corrected chi connectivity index (χ1v) is 6.14. The summed E-state index contributed by atoms with van der Waals surface area (Å²) in [5.41, 5.74) is 1.55. The first-order valence-electron chi connectivity index (χ1n) is 6.14. The van der Waals surface area contributed by atoms with E-state index in [1.54, 1.807) is 12.1 Å². The van der Waals surface area contributed by atoms with Gasteiger partial charge in [-0.25, -0.2) is 4.79 Å². The Hall–Kier alpha value is -2.89. The number of benzene rings is 2. The summed E-state index contributed by atoms with van der Waals surface area (Å²) in [5.74, 6) is -0.818. The summed E-state index contributed by atoms with van der Waals surface area (Å²) in [5, 5.41) is 19.9. The topological polar surface area (TPSA) is 89.7 Å². The number of aryl methyl sites for hydroxylation is 2. The van der Waals surface area contributed by atoms with Gasteiger partial charge in [0, 0.05) is 6.07 Å². The molecule has 0 aliphatic heterocycles. The van der Waals surface area contributed by atoms with Crippen LogP contribution in [0.25, 0.3) is 0 Å². The summed E-state index contributed by atoms with van der Waals surface area (Å²) in [6.45, 7) is 3.76. The summed E-state index contributed by atoms with van der Waals surface area (Å²) in [4.78, 5) is 21.4. The molecule has 0 fully saturated rings. The number of carbonyl (C=O) groups is 1. The minimum absolute atomic E-state index is 0.0540. The third-order valence-electron chi connectivity index (χ3n) is 2.83. The van der Waals surface area contributed by atoms with E-state index < -0.39 is 10.9 Å². The Balaban J connectivity index is 2.47. The van der Waals surface area contributed by atoms with Crippen molar-refractivity contribution < 1.29 is 19.6 Å². The van der Waals surface area contributed by atoms with Crippen LogP contribution < -0.4 is 4.74 Å². The normalized spacial score (nSPS) is 10.2. The fourth-order valence-corrected chi connectivity index (χ4v) is 2.00. The number of carboxylic acids is 1. The van der Waals surface area contributed by atoms with E-state index in [1.165, 1.54) is 6.07 Å². The molecule has 6 nitrogen and oxygen atoms in total. The quantitative estimate of drug-likeness (QED) is 0.684. The number of nitrogens with zero attached hydrogens (tertiary/aromatic N) is 1. The lowest BCUT2D eigenvalue weighted by Gasteiger charge is -2.10. The van der Waals surface area contributed by atoms with Crippen LogP contribution in [-0.4, -0.2) is 16.0 Å². The first kappa shape index (κ1) is 14.5. The van der Waals surface area contributed by atoms with Crippen molar-refractivity contribution in [2.24, 2.45) is 0 Å². The molecule has 1 N–H and O–H groups in total. The van der Waals surface area contributed by atoms with E-state index in [0.29, 0.717) is 5.75 Å².